The molecule has 16 heavy (non-hydrogen) atoms. The smallest absolute Gasteiger partial charge is 0.323 e. The van der Waals surface area contributed by atoms with Gasteiger partial charge in [0, 0.05) is 10.9 Å². The normalized spacial score (nSPS) is 12.2. The van der Waals surface area contributed by atoms with Gasteiger partial charge in [0.15, 0.2) is 5.78 Å². The molecule has 1 aromatic rings. The summed E-state index contributed by atoms with van der Waals surface area (Å²) in [6, 6.07) is 0.898. The van der Waals surface area contributed by atoms with Crippen molar-refractivity contribution in [2.45, 2.75) is 19.4 Å². The Morgan fingerprint density at radius 1 is 1.62 bits per heavy atom. The van der Waals surface area contributed by atoms with E-state index in [2.05, 4.69) is 15.9 Å². The second-order valence-electron chi connectivity index (χ2n) is 3.08. The standard InChI is InChI=1S/C10H12BrNO3S/c1-2-15-10(14)7(12)5-8(13)9-6(11)3-4-16-9/h3-4,7H,2,5,12H2,1H3. The molecule has 0 saturated carbocycles. The fraction of sp³-hybridized carbons (Fsp3) is 0.400. The molecule has 0 aliphatic rings. The third-order valence-corrected chi connectivity index (χ3v) is 3.74. The van der Waals surface area contributed by atoms with Crippen LogP contribution in [0.5, 0.6) is 0 Å². The molecule has 6 heteroatoms. The SMILES string of the molecule is CCOC(=O)C(N)CC(=O)c1sccc1Br. The quantitative estimate of drug-likeness (QED) is 0.667. The summed E-state index contributed by atoms with van der Waals surface area (Å²) in [5, 5.41) is 1.80. The lowest BCUT2D eigenvalue weighted by molar-refractivity contribution is -0.144. The molecule has 0 fully saturated rings. The molecule has 1 rings (SSSR count). The number of halogens is 1. The predicted octanol–water partition coefficient (Wildman–Crippen LogP) is 1.97. The second-order valence-corrected chi connectivity index (χ2v) is 4.85. The summed E-state index contributed by atoms with van der Waals surface area (Å²) in [4.78, 5) is 23.5. The van der Waals surface area contributed by atoms with Crippen LogP contribution in [-0.4, -0.2) is 24.4 Å². The Labute approximate surface area is 106 Å². The number of esters is 1. The topological polar surface area (TPSA) is 69.4 Å². The summed E-state index contributed by atoms with van der Waals surface area (Å²) in [7, 11) is 0. The van der Waals surface area contributed by atoms with Gasteiger partial charge in [-0.3, -0.25) is 9.59 Å². The number of carbonyl (C=O) groups is 2. The monoisotopic (exact) mass is 305 g/mol. The highest BCUT2D eigenvalue weighted by molar-refractivity contribution is 9.10. The summed E-state index contributed by atoms with van der Waals surface area (Å²) < 4.78 is 5.46. The molecular weight excluding hydrogens is 294 g/mol. The highest BCUT2D eigenvalue weighted by Crippen LogP contribution is 2.24. The van der Waals surface area contributed by atoms with E-state index in [9.17, 15) is 9.59 Å². The van der Waals surface area contributed by atoms with E-state index in [1.165, 1.54) is 11.3 Å². The van der Waals surface area contributed by atoms with Crippen molar-refractivity contribution in [1.29, 1.82) is 0 Å². The van der Waals surface area contributed by atoms with Crippen molar-refractivity contribution in [2.24, 2.45) is 5.73 Å². The van der Waals surface area contributed by atoms with Crippen LogP contribution in [0.2, 0.25) is 0 Å². The zero-order valence-corrected chi connectivity index (χ0v) is 11.1. The maximum Gasteiger partial charge on any atom is 0.323 e. The minimum absolute atomic E-state index is 0.0298. The van der Waals surface area contributed by atoms with E-state index in [-0.39, 0.29) is 18.8 Å². The molecule has 0 spiro atoms. The van der Waals surface area contributed by atoms with Gasteiger partial charge in [0.2, 0.25) is 0 Å². The third kappa shape index (κ3) is 3.40. The first kappa shape index (κ1) is 13.3. The molecule has 0 amide bonds. The second kappa shape index (κ2) is 6.12. The number of rotatable bonds is 5. The van der Waals surface area contributed by atoms with Crippen molar-refractivity contribution in [2.75, 3.05) is 6.61 Å². The fourth-order valence-electron chi connectivity index (χ4n) is 1.12. The molecule has 0 radical (unpaired) electrons. The Morgan fingerprint density at radius 3 is 2.81 bits per heavy atom. The van der Waals surface area contributed by atoms with Crippen LogP contribution in [0.3, 0.4) is 0 Å². The molecule has 0 aliphatic carbocycles. The van der Waals surface area contributed by atoms with Gasteiger partial charge in [-0.25, -0.2) is 0 Å². The predicted molar refractivity (Wildman–Crippen MR) is 65.6 cm³/mol. The van der Waals surface area contributed by atoms with E-state index in [0.717, 1.165) is 4.47 Å². The van der Waals surface area contributed by atoms with Gasteiger partial charge >= 0.3 is 5.97 Å². The molecule has 0 aromatic carbocycles. The van der Waals surface area contributed by atoms with E-state index in [1.54, 1.807) is 18.4 Å². The molecule has 88 valence electrons. The van der Waals surface area contributed by atoms with Crippen LogP contribution >= 0.6 is 27.3 Å². The first-order chi connectivity index (χ1) is 7.56. The van der Waals surface area contributed by atoms with Crippen molar-refractivity contribution >= 4 is 39.0 Å². The van der Waals surface area contributed by atoms with Gasteiger partial charge in [-0.15, -0.1) is 11.3 Å². The Balaban J connectivity index is 2.58. The van der Waals surface area contributed by atoms with Crippen LogP contribution in [0.1, 0.15) is 23.0 Å². The van der Waals surface area contributed by atoms with Crippen LogP contribution in [0.15, 0.2) is 15.9 Å². The van der Waals surface area contributed by atoms with Crippen LogP contribution in [0.25, 0.3) is 0 Å². The van der Waals surface area contributed by atoms with E-state index in [0.29, 0.717) is 4.88 Å². The minimum Gasteiger partial charge on any atom is -0.465 e. The number of thiophene rings is 1. The van der Waals surface area contributed by atoms with Crippen LogP contribution in [-0.2, 0) is 9.53 Å². The lowest BCUT2D eigenvalue weighted by atomic mass is 10.1. The molecule has 0 saturated heterocycles. The molecule has 0 aliphatic heterocycles. The van der Waals surface area contributed by atoms with E-state index in [1.807, 2.05) is 0 Å². The van der Waals surface area contributed by atoms with Gasteiger partial charge < -0.3 is 10.5 Å². The summed E-state index contributed by atoms with van der Waals surface area (Å²) >= 11 is 4.58. The minimum atomic E-state index is -0.888. The first-order valence-corrected chi connectivity index (χ1v) is 6.42. The summed E-state index contributed by atoms with van der Waals surface area (Å²) in [6.07, 6.45) is -0.0298. The fourth-order valence-corrected chi connectivity index (χ4v) is 2.66. The van der Waals surface area contributed by atoms with Gasteiger partial charge in [-0.05, 0) is 34.3 Å². The number of hydrogen-bond acceptors (Lipinski definition) is 5. The van der Waals surface area contributed by atoms with Crippen molar-refractivity contribution in [1.82, 2.24) is 0 Å². The van der Waals surface area contributed by atoms with E-state index < -0.39 is 12.0 Å². The molecule has 1 unspecified atom stereocenters. The highest BCUT2D eigenvalue weighted by Gasteiger charge is 2.21. The summed E-state index contributed by atoms with van der Waals surface area (Å²) in [5.74, 6) is -0.689. The number of Topliss-reactive ketones (excluding diaryl/α,β-unsaturated/α-hetero) is 1. The highest BCUT2D eigenvalue weighted by atomic mass is 79.9. The molecule has 1 aromatic heterocycles. The zero-order valence-electron chi connectivity index (χ0n) is 8.73. The molecule has 2 N–H and O–H groups in total. The van der Waals surface area contributed by atoms with Gasteiger partial charge in [0.1, 0.15) is 6.04 Å². The van der Waals surface area contributed by atoms with Crippen molar-refractivity contribution < 1.29 is 14.3 Å². The van der Waals surface area contributed by atoms with Crippen molar-refractivity contribution in [3.8, 4) is 0 Å². The van der Waals surface area contributed by atoms with Crippen molar-refractivity contribution in [3.63, 3.8) is 0 Å². The number of ketones is 1. The van der Waals surface area contributed by atoms with Gasteiger partial charge in [-0.2, -0.15) is 0 Å². The Morgan fingerprint density at radius 2 is 2.31 bits per heavy atom. The lowest BCUT2D eigenvalue weighted by Gasteiger charge is -2.08. The van der Waals surface area contributed by atoms with Crippen molar-refractivity contribution in [3.05, 3.63) is 20.8 Å². The maximum atomic E-state index is 11.7. The number of hydrogen-bond donors (Lipinski definition) is 1. The number of carbonyl (C=O) groups excluding carboxylic acids is 2. The number of nitrogens with two attached hydrogens (primary N) is 1. The molecule has 1 atom stereocenters. The lowest BCUT2D eigenvalue weighted by Crippen LogP contribution is -2.34. The Kier molecular flexibility index (Phi) is 5.11. The Bertz CT molecular complexity index is 391. The summed E-state index contributed by atoms with van der Waals surface area (Å²) in [6.45, 7) is 1.96. The van der Waals surface area contributed by atoms with E-state index >= 15 is 0 Å². The average Bonchev–Trinajstić information content (AvgIpc) is 2.64. The van der Waals surface area contributed by atoms with Gasteiger partial charge in [0.05, 0.1) is 11.5 Å². The van der Waals surface area contributed by atoms with Gasteiger partial charge in [0.25, 0.3) is 0 Å². The third-order valence-electron chi connectivity index (χ3n) is 1.87. The maximum absolute atomic E-state index is 11.7. The summed E-state index contributed by atoms with van der Waals surface area (Å²) in [5.41, 5.74) is 5.55. The van der Waals surface area contributed by atoms with Crippen LogP contribution in [0.4, 0.5) is 0 Å². The molecule has 1 heterocycles. The van der Waals surface area contributed by atoms with E-state index in [4.69, 9.17) is 10.5 Å². The Hall–Kier alpha value is -0.720. The zero-order chi connectivity index (χ0) is 12.1. The largest absolute Gasteiger partial charge is 0.465 e. The van der Waals surface area contributed by atoms with Crippen LogP contribution in [0, 0.1) is 0 Å². The average molecular weight is 306 g/mol. The first-order valence-electron chi connectivity index (χ1n) is 4.74. The van der Waals surface area contributed by atoms with Crippen LogP contribution < -0.4 is 5.73 Å². The molecule has 4 nitrogen and oxygen atoms in total. The molecular formula is C10H12BrNO3S. The van der Waals surface area contributed by atoms with Gasteiger partial charge in [-0.1, -0.05) is 0 Å². The molecule has 0 bridgehead atoms. The number of ether oxygens (including phenoxy) is 1.